The minimum atomic E-state index is -3.60. The molecule has 0 N–H and O–H groups in total. The van der Waals surface area contributed by atoms with E-state index in [0.717, 1.165) is 5.56 Å². The van der Waals surface area contributed by atoms with E-state index in [1.807, 2.05) is 30.3 Å². The lowest BCUT2D eigenvalue weighted by molar-refractivity contribution is 0.0472. The Balaban J connectivity index is 1.26. The number of carbonyl (C=O) groups is 1. The fourth-order valence-corrected chi connectivity index (χ4v) is 4.83. The zero-order valence-corrected chi connectivity index (χ0v) is 19.8. The average molecular weight is 497 g/mol. The van der Waals surface area contributed by atoms with Crippen molar-refractivity contribution in [3.05, 3.63) is 120 Å². The summed E-state index contributed by atoms with van der Waals surface area (Å²) in [5.41, 5.74) is 2.38. The molecular formula is C28H20N2O5S. The second-order valence-corrected chi connectivity index (χ2v) is 9.85. The molecule has 0 spiro atoms. The van der Waals surface area contributed by atoms with Gasteiger partial charge in [-0.3, -0.25) is 0 Å². The van der Waals surface area contributed by atoms with E-state index >= 15 is 0 Å². The number of benzene rings is 4. The van der Waals surface area contributed by atoms with Crippen LogP contribution in [0.25, 0.3) is 22.9 Å². The van der Waals surface area contributed by atoms with Crippen LogP contribution in [-0.4, -0.2) is 24.6 Å². The Hall–Kier alpha value is -4.56. The van der Waals surface area contributed by atoms with E-state index in [9.17, 15) is 13.2 Å². The highest BCUT2D eigenvalue weighted by Crippen LogP contribution is 2.25. The van der Waals surface area contributed by atoms with Gasteiger partial charge in [0.2, 0.25) is 21.6 Å². The Kier molecular flexibility index (Phi) is 6.42. The van der Waals surface area contributed by atoms with Crippen molar-refractivity contribution in [2.75, 3.05) is 0 Å². The van der Waals surface area contributed by atoms with E-state index in [0.29, 0.717) is 28.5 Å². The number of rotatable bonds is 7. The molecule has 0 saturated heterocycles. The summed E-state index contributed by atoms with van der Waals surface area (Å²) < 4.78 is 36.7. The van der Waals surface area contributed by atoms with Crippen LogP contribution in [0.4, 0.5) is 0 Å². The topological polar surface area (TPSA) is 99.4 Å². The van der Waals surface area contributed by atoms with Crippen molar-refractivity contribution in [1.29, 1.82) is 0 Å². The SMILES string of the molecule is O=C(OCc1ccc(S(=O)(=O)c2ccccc2)cc1)c1cccc(-c2nnc(-c3ccccc3)o2)c1. The third kappa shape index (κ3) is 4.94. The number of hydrogen-bond donors (Lipinski definition) is 0. The van der Waals surface area contributed by atoms with Crippen LogP contribution >= 0.6 is 0 Å². The zero-order valence-electron chi connectivity index (χ0n) is 18.9. The molecule has 36 heavy (non-hydrogen) atoms. The summed E-state index contributed by atoms with van der Waals surface area (Å²) >= 11 is 0. The molecule has 8 heteroatoms. The monoisotopic (exact) mass is 496 g/mol. The van der Waals surface area contributed by atoms with Crippen LogP contribution in [0.15, 0.2) is 123 Å². The maximum atomic E-state index is 12.7. The van der Waals surface area contributed by atoms with Gasteiger partial charge in [0.1, 0.15) is 6.61 Å². The number of sulfone groups is 1. The first kappa shape index (κ1) is 23.2. The zero-order chi connectivity index (χ0) is 25.0. The number of nitrogens with zero attached hydrogens (tertiary/aromatic N) is 2. The fourth-order valence-electron chi connectivity index (χ4n) is 3.55. The highest BCUT2D eigenvalue weighted by atomic mass is 32.2. The predicted molar refractivity (Wildman–Crippen MR) is 133 cm³/mol. The van der Waals surface area contributed by atoms with Crippen LogP contribution in [0.2, 0.25) is 0 Å². The molecule has 5 aromatic rings. The molecule has 0 aliphatic carbocycles. The van der Waals surface area contributed by atoms with E-state index in [4.69, 9.17) is 9.15 Å². The Morgan fingerprint density at radius 1 is 0.694 bits per heavy atom. The van der Waals surface area contributed by atoms with Crippen LogP contribution in [0, 0.1) is 0 Å². The summed E-state index contributed by atoms with van der Waals surface area (Å²) in [5.74, 6) is 0.149. The van der Waals surface area contributed by atoms with E-state index in [1.165, 1.54) is 12.1 Å². The molecule has 4 aromatic carbocycles. The number of carbonyl (C=O) groups excluding carboxylic acids is 1. The van der Waals surface area contributed by atoms with E-state index in [1.54, 1.807) is 66.7 Å². The lowest BCUT2D eigenvalue weighted by Gasteiger charge is -2.08. The second-order valence-electron chi connectivity index (χ2n) is 7.90. The van der Waals surface area contributed by atoms with Gasteiger partial charge in [-0.1, -0.05) is 54.6 Å². The van der Waals surface area contributed by atoms with Crippen molar-refractivity contribution in [2.45, 2.75) is 16.4 Å². The normalized spacial score (nSPS) is 11.2. The highest BCUT2D eigenvalue weighted by Gasteiger charge is 2.17. The second kappa shape index (κ2) is 9.97. The van der Waals surface area contributed by atoms with E-state index in [2.05, 4.69) is 10.2 Å². The van der Waals surface area contributed by atoms with Crippen molar-refractivity contribution in [3.63, 3.8) is 0 Å². The molecule has 1 heterocycles. The maximum absolute atomic E-state index is 12.7. The molecule has 0 unspecified atom stereocenters. The molecule has 0 aliphatic heterocycles. The van der Waals surface area contributed by atoms with Gasteiger partial charge < -0.3 is 9.15 Å². The Bertz CT molecular complexity index is 1600. The first-order valence-electron chi connectivity index (χ1n) is 11.1. The summed E-state index contributed by atoms with van der Waals surface area (Å²) in [6.45, 7) is -0.00651. The van der Waals surface area contributed by atoms with Crippen molar-refractivity contribution < 1.29 is 22.4 Å². The molecule has 0 saturated carbocycles. The molecule has 0 atom stereocenters. The van der Waals surface area contributed by atoms with Crippen LogP contribution < -0.4 is 0 Å². The molecule has 0 aliphatic rings. The Labute approximate surface area is 207 Å². The summed E-state index contributed by atoms with van der Waals surface area (Å²) in [6.07, 6.45) is 0. The number of aromatic nitrogens is 2. The van der Waals surface area contributed by atoms with Gasteiger partial charge in [-0.25, -0.2) is 13.2 Å². The Morgan fingerprint density at radius 2 is 1.28 bits per heavy atom. The quantitative estimate of drug-likeness (QED) is 0.271. The van der Waals surface area contributed by atoms with Gasteiger partial charge in [0.05, 0.1) is 15.4 Å². The minimum absolute atomic E-state index is 0.00651. The number of hydrogen-bond acceptors (Lipinski definition) is 7. The number of ether oxygens (including phenoxy) is 1. The lowest BCUT2D eigenvalue weighted by Crippen LogP contribution is -2.06. The van der Waals surface area contributed by atoms with E-state index < -0.39 is 15.8 Å². The number of esters is 1. The minimum Gasteiger partial charge on any atom is -0.457 e. The molecule has 178 valence electrons. The van der Waals surface area contributed by atoms with Crippen molar-refractivity contribution in [1.82, 2.24) is 10.2 Å². The van der Waals surface area contributed by atoms with Gasteiger partial charge in [0.25, 0.3) is 0 Å². The van der Waals surface area contributed by atoms with Crippen molar-refractivity contribution in [3.8, 4) is 22.9 Å². The van der Waals surface area contributed by atoms with Crippen molar-refractivity contribution >= 4 is 15.8 Å². The average Bonchev–Trinajstić information content (AvgIpc) is 3.44. The summed E-state index contributed by atoms with van der Waals surface area (Å²) in [5, 5.41) is 8.17. The first-order chi connectivity index (χ1) is 17.5. The van der Waals surface area contributed by atoms with Crippen LogP contribution in [0.5, 0.6) is 0 Å². The molecule has 5 rings (SSSR count). The molecule has 0 bridgehead atoms. The third-order valence-corrected chi connectivity index (χ3v) is 7.23. The van der Waals surface area contributed by atoms with Crippen molar-refractivity contribution in [2.24, 2.45) is 0 Å². The molecule has 0 amide bonds. The first-order valence-corrected chi connectivity index (χ1v) is 12.5. The summed E-state index contributed by atoms with van der Waals surface area (Å²) in [4.78, 5) is 13.1. The third-order valence-electron chi connectivity index (χ3n) is 5.45. The molecule has 0 radical (unpaired) electrons. The van der Waals surface area contributed by atoms with Crippen LogP contribution in [-0.2, 0) is 21.2 Å². The van der Waals surface area contributed by atoms with Gasteiger partial charge in [-0.05, 0) is 60.2 Å². The molecular weight excluding hydrogens is 476 g/mol. The summed E-state index contributed by atoms with van der Waals surface area (Å²) in [6, 6.07) is 30.6. The lowest BCUT2D eigenvalue weighted by atomic mass is 10.1. The standard InChI is InChI=1S/C28H20N2O5S/c31-28(34-19-20-14-16-25(17-15-20)36(32,33)24-12-5-2-6-13-24)23-11-7-10-22(18-23)27-30-29-26(35-27)21-8-3-1-4-9-21/h1-18H,19H2. The van der Waals surface area contributed by atoms with Crippen LogP contribution in [0.1, 0.15) is 15.9 Å². The molecule has 0 fully saturated rings. The van der Waals surface area contributed by atoms with Gasteiger partial charge >= 0.3 is 5.97 Å². The largest absolute Gasteiger partial charge is 0.457 e. The van der Waals surface area contributed by atoms with Crippen LogP contribution in [0.3, 0.4) is 0 Å². The van der Waals surface area contributed by atoms with Gasteiger partial charge in [0, 0.05) is 11.1 Å². The van der Waals surface area contributed by atoms with Gasteiger partial charge in [-0.15, -0.1) is 10.2 Å². The molecule has 1 aromatic heterocycles. The maximum Gasteiger partial charge on any atom is 0.338 e. The Morgan fingerprint density at radius 3 is 1.97 bits per heavy atom. The molecule has 7 nitrogen and oxygen atoms in total. The van der Waals surface area contributed by atoms with Gasteiger partial charge in [0.15, 0.2) is 0 Å². The summed E-state index contributed by atoms with van der Waals surface area (Å²) in [7, 11) is -3.60. The van der Waals surface area contributed by atoms with E-state index in [-0.39, 0.29) is 16.4 Å². The predicted octanol–water partition coefficient (Wildman–Crippen LogP) is 5.59. The fraction of sp³-hybridized carbons (Fsp3) is 0.0357. The highest BCUT2D eigenvalue weighted by molar-refractivity contribution is 7.91. The smallest absolute Gasteiger partial charge is 0.338 e. The van der Waals surface area contributed by atoms with Gasteiger partial charge in [-0.2, -0.15) is 0 Å².